The van der Waals surface area contributed by atoms with E-state index in [1.807, 2.05) is 0 Å². The lowest BCUT2D eigenvalue weighted by molar-refractivity contribution is -0.291. The summed E-state index contributed by atoms with van der Waals surface area (Å²) in [7, 11) is 2.37. The molecule has 0 fully saturated rings. The predicted molar refractivity (Wildman–Crippen MR) is 58.4 cm³/mol. The van der Waals surface area contributed by atoms with Crippen LogP contribution in [-0.2, 0) is 4.74 Å². The Morgan fingerprint density at radius 1 is 1.05 bits per heavy atom. The maximum Gasteiger partial charge on any atom is 0.453 e. The van der Waals surface area contributed by atoms with Gasteiger partial charge in [-0.3, -0.25) is 0 Å². The molecule has 1 unspecified atom stereocenters. The van der Waals surface area contributed by atoms with Gasteiger partial charge < -0.3 is 9.47 Å². The maximum absolute atomic E-state index is 13.0. The number of methoxy groups -OCH3 is 2. The molecule has 0 aliphatic carbocycles. The molecule has 0 amide bonds. The van der Waals surface area contributed by atoms with Crippen molar-refractivity contribution in [2.75, 3.05) is 14.2 Å². The van der Waals surface area contributed by atoms with Gasteiger partial charge in [0.05, 0.1) is 19.6 Å². The van der Waals surface area contributed by atoms with E-state index >= 15 is 0 Å². The van der Waals surface area contributed by atoms with E-state index in [1.165, 1.54) is 25.3 Å². The van der Waals surface area contributed by atoms with E-state index in [1.54, 1.807) is 6.07 Å². The molecule has 1 aromatic rings. The van der Waals surface area contributed by atoms with Gasteiger partial charge in [0.2, 0.25) is 0 Å². The molecule has 0 heterocycles. The van der Waals surface area contributed by atoms with E-state index in [0.717, 1.165) is 7.11 Å². The summed E-state index contributed by atoms with van der Waals surface area (Å²) in [5.41, 5.74) is 0.149. The van der Waals surface area contributed by atoms with Gasteiger partial charge >= 0.3 is 12.1 Å². The minimum absolute atomic E-state index is 0.149. The van der Waals surface area contributed by atoms with Crippen molar-refractivity contribution in [1.29, 1.82) is 0 Å². The number of alkyl halides is 5. The maximum atomic E-state index is 13.0. The predicted octanol–water partition coefficient (Wildman–Crippen LogP) is 3.97. The minimum atomic E-state index is -5.61. The Morgan fingerprint density at radius 3 is 2.11 bits per heavy atom. The second-order valence-corrected chi connectivity index (χ2v) is 3.87. The summed E-state index contributed by atoms with van der Waals surface area (Å²) >= 11 is 0. The van der Waals surface area contributed by atoms with E-state index in [4.69, 9.17) is 9.47 Å². The molecule has 2 nitrogen and oxygen atoms in total. The fourth-order valence-corrected chi connectivity index (χ4v) is 1.60. The normalized spacial score (nSPS) is 14.3. The number of ether oxygens (including phenoxy) is 2. The van der Waals surface area contributed by atoms with Crippen LogP contribution in [0.3, 0.4) is 0 Å². The highest BCUT2D eigenvalue weighted by atomic mass is 19.4. The van der Waals surface area contributed by atoms with Crippen molar-refractivity contribution in [2.45, 2.75) is 24.6 Å². The van der Waals surface area contributed by atoms with Crippen LogP contribution < -0.4 is 4.74 Å². The summed E-state index contributed by atoms with van der Waals surface area (Å²) in [5, 5.41) is 0. The highest BCUT2D eigenvalue weighted by Crippen LogP contribution is 2.43. The molecule has 0 saturated carbocycles. The van der Waals surface area contributed by atoms with Crippen LogP contribution in [0.4, 0.5) is 22.0 Å². The van der Waals surface area contributed by atoms with Gasteiger partial charge in [0, 0.05) is 12.7 Å². The van der Waals surface area contributed by atoms with E-state index in [0.29, 0.717) is 0 Å². The van der Waals surface area contributed by atoms with Crippen LogP contribution >= 0.6 is 0 Å². The lowest BCUT2D eigenvalue weighted by Crippen LogP contribution is -2.38. The highest BCUT2D eigenvalue weighted by Gasteiger charge is 2.58. The van der Waals surface area contributed by atoms with Crippen LogP contribution in [0.5, 0.6) is 5.75 Å². The Balaban J connectivity index is 3.02. The summed E-state index contributed by atoms with van der Waals surface area (Å²) in [4.78, 5) is 0. The first-order chi connectivity index (χ1) is 8.73. The molecule has 7 heteroatoms. The van der Waals surface area contributed by atoms with Crippen LogP contribution in [0, 0.1) is 0 Å². The monoisotopic (exact) mass is 284 g/mol. The zero-order chi connectivity index (χ0) is 14.7. The standard InChI is InChI=1S/C12H13F5O2/c1-18-9-6-4-3-5-8(9)10(19-2)7-11(13,14)12(15,16)17/h3-6,10H,7H2,1-2H3. The Bertz CT molecular complexity index is 417. The molecule has 19 heavy (non-hydrogen) atoms. The Kier molecular flexibility index (Phi) is 4.73. The third-order valence-corrected chi connectivity index (χ3v) is 2.63. The molecular formula is C12H13F5O2. The molecule has 108 valence electrons. The number of hydrogen-bond acceptors (Lipinski definition) is 2. The molecule has 0 aliphatic rings. The minimum Gasteiger partial charge on any atom is -0.496 e. The Hall–Kier alpha value is -1.37. The lowest BCUT2D eigenvalue weighted by atomic mass is 10.0. The first-order valence-electron chi connectivity index (χ1n) is 5.33. The molecule has 0 bridgehead atoms. The van der Waals surface area contributed by atoms with E-state index in [9.17, 15) is 22.0 Å². The molecule has 1 atom stereocenters. The van der Waals surface area contributed by atoms with Crippen LogP contribution in [0.15, 0.2) is 24.3 Å². The van der Waals surface area contributed by atoms with Crippen molar-refractivity contribution in [3.05, 3.63) is 29.8 Å². The molecule has 0 saturated heterocycles. The number of halogens is 5. The molecule has 0 radical (unpaired) electrons. The molecule has 0 aromatic heterocycles. The SMILES string of the molecule is COc1ccccc1C(CC(F)(F)C(F)(F)F)OC. The van der Waals surface area contributed by atoms with Gasteiger partial charge in [-0.15, -0.1) is 0 Å². The van der Waals surface area contributed by atoms with Crippen LogP contribution in [-0.4, -0.2) is 26.3 Å². The van der Waals surface area contributed by atoms with Crippen molar-refractivity contribution >= 4 is 0 Å². The van der Waals surface area contributed by atoms with Crippen LogP contribution in [0.1, 0.15) is 18.1 Å². The zero-order valence-electron chi connectivity index (χ0n) is 10.3. The second-order valence-electron chi connectivity index (χ2n) is 3.87. The van der Waals surface area contributed by atoms with Gasteiger partial charge in [-0.1, -0.05) is 18.2 Å². The number of hydrogen-bond donors (Lipinski definition) is 0. The summed E-state index contributed by atoms with van der Waals surface area (Å²) in [6.07, 6.45) is -8.51. The quantitative estimate of drug-likeness (QED) is 0.762. The fourth-order valence-electron chi connectivity index (χ4n) is 1.60. The van der Waals surface area contributed by atoms with Gasteiger partial charge in [0.1, 0.15) is 5.75 Å². The third kappa shape index (κ3) is 3.56. The van der Waals surface area contributed by atoms with Gasteiger partial charge in [-0.2, -0.15) is 22.0 Å². The molecule has 0 aliphatic heterocycles. The zero-order valence-corrected chi connectivity index (χ0v) is 10.3. The Labute approximate surface area is 107 Å². The lowest BCUT2D eigenvalue weighted by Gasteiger charge is -2.25. The van der Waals surface area contributed by atoms with Gasteiger partial charge in [-0.05, 0) is 6.07 Å². The summed E-state index contributed by atoms with van der Waals surface area (Å²) in [6, 6.07) is 5.94. The van der Waals surface area contributed by atoms with E-state index in [-0.39, 0.29) is 11.3 Å². The summed E-state index contributed by atoms with van der Waals surface area (Å²) < 4.78 is 72.3. The average Bonchev–Trinajstić information content (AvgIpc) is 2.34. The molecule has 0 spiro atoms. The second kappa shape index (κ2) is 5.73. The first kappa shape index (κ1) is 15.7. The molecular weight excluding hydrogens is 271 g/mol. The van der Waals surface area contributed by atoms with Crippen molar-refractivity contribution in [3.63, 3.8) is 0 Å². The van der Waals surface area contributed by atoms with Crippen LogP contribution in [0.2, 0.25) is 0 Å². The summed E-state index contributed by atoms with van der Waals surface area (Å²) in [6.45, 7) is 0. The first-order valence-corrected chi connectivity index (χ1v) is 5.33. The Morgan fingerprint density at radius 2 is 1.63 bits per heavy atom. The average molecular weight is 284 g/mol. The van der Waals surface area contributed by atoms with Crippen molar-refractivity contribution < 1.29 is 31.4 Å². The van der Waals surface area contributed by atoms with Crippen molar-refractivity contribution in [2.24, 2.45) is 0 Å². The van der Waals surface area contributed by atoms with E-state index in [2.05, 4.69) is 0 Å². The molecule has 0 N–H and O–H groups in total. The number of para-hydroxylation sites is 1. The van der Waals surface area contributed by atoms with Gasteiger partial charge in [0.25, 0.3) is 0 Å². The van der Waals surface area contributed by atoms with E-state index < -0.39 is 24.6 Å². The highest BCUT2D eigenvalue weighted by molar-refractivity contribution is 5.35. The largest absolute Gasteiger partial charge is 0.496 e. The van der Waals surface area contributed by atoms with Crippen molar-refractivity contribution in [1.82, 2.24) is 0 Å². The smallest absolute Gasteiger partial charge is 0.453 e. The van der Waals surface area contributed by atoms with Crippen molar-refractivity contribution in [3.8, 4) is 5.75 Å². The molecule has 1 rings (SSSR count). The van der Waals surface area contributed by atoms with Gasteiger partial charge in [-0.25, -0.2) is 0 Å². The summed E-state index contributed by atoms with van der Waals surface area (Å²) in [5.74, 6) is -4.62. The number of benzene rings is 1. The molecule has 1 aromatic carbocycles. The van der Waals surface area contributed by atoms with Gasteiger partial charge in [0.15, 0.2) is 0 Å². The van der Waals surface area contributed by atoms with Crippen LogP contribution in [0.25, 0.3) is 0 Å². The number of rotatable bonds is 5. The third-order valence-electron chi connectivity index (χ3n) is 2.63. The topological polar surface area (TPSA) is 18.5 Å². The fraction of sp³-hybridized carbons (Fsp3) is 0.500.